The molecule has 1 N–H and O–H groups in total. The minimum atomic E-state index is -1.41. The van der Waals surface area contributed by atoms with Gasteiger partial charge in [0.25, 0.3) is 0 Å². The van der Waals surface area contributed by atoms with Crippen molar-refractivity contribution in [2.24, 2.45) is 0 Å². The lowest BCUT2D eigenvalue weighted by molar-refractivity contribution is 0.0694. The summed E-state index contributed by atoms with van der Waals surface area (Å²) < 4.78 is 52.8. The van der Waals surface area contributed by atoms with E-state index < -0.39 is 36.4 Å². The Labute approximate surface area is 127 Å². The summed E-state index contributed by atoms with van der Waals surface area (Å²) in [5.41, 5.74) is -1.26. The molecule has 1 aromatic heterocycles. The highest BCUT2D eigenvalue weighted by Crippen LogP contribution is 2.35. The first kappa shape index (κ1) is 16.8. The highest BCUT2D eigenvalue weighted by Gasteiger charge is 2.27. The molecule has 0 saturated carbocycles. The molecule has 3 rings (SSSR count). The zero-order valence-electron chi connectivity index (χ0n) is 11.6. The maximum atomic E-state index is 13.7. The van der Waals surface area contributed by atoms with E-state index in [0.717, 1.165) is 6.20 Å². The van der Waals surface area contributed by atoms with E-state index in [2.05, 4.69) is 0 Å². The number of carbonyl (C=O) groups is 1. The van der Waals surface area contributed by atoms with Crippen LogP contribution in [0.15, 0.2) is 17.1 Å². The Kier molecular flexibility index (Phi) is 4.62. The number of pyridine rings is 1. The summed E-state index contributed by atoms with van der Waals surface area (Å²) >= 11 is 0. The average Bonchev–Trinajstić information content (AvgIpc) is 2.49. The van der Waals surface area contributed by atoms with Gasteiger partial charge in [0.15, 0.2) is 11.6 Å². The minimum Gasteiger partial charge on any atom is -0.486 e. The number of hydrogen-bond acceptors (Lipinski definition) is 3. The third-order valence-electron chi connectivity index (χ3n) is 3.34. The van der Waals surface area contributed by atoms with Crippen molar-refractivity contribution in [1.29, 1.82) is 0 Å². The number of carboxylic acid groups (broad SMARTS) is 1. The van der Waals surface area contributed by atoms with Gasteiger partial charge >= 0.3 is 13.8 Å². The standard InChI is InChI=1S/C13H9F2NO4.BF2/c1-5-4-20-12-9(15)8(14)2-6-10(12)16(5)3-7(11(6)17)13(18)19;2-1-3/h2-3,5H,4H2,1H3,(H,18,19);. The van der Waals surface area contributed by atoms with E-state index in [4.69, 9.17) is 9.84 Å². The fourth-order valence-corrected chi connectivity index (χ4v) is 2.35. The second-order valence-electron chi connectivity index (χ2n) is 4.72. The fourth-order valence-electron chi connectivity index (χ4n) is 2.35. The Balaban J connectivity index is 0.000000595. The van der Waals surface area contributed by atoms with Crippen LogP contribution in [0.1, 0.15) is 23.3 Å². The number of halogens is 4. The molecule has 1 aliphatic heterocycles. The number of carboxylic acids is 1. The van der Waals surface area contributed by atoms with E-state index in [0.29, 0.717) is 6.07 Å². The highest BCUT2D eigenvalue weighted by atomic mass is 19.2. The molecular formula is C13H9BF4NO4. The maximum Gasteiger partial charge on any atom is 0.577 e. The summed E-state index contributed by atoms with van der Waals surface area (Å²) in [7, 11) is -1.00. The van der Waals surface area contributed by atoms with Crippen molar-refractivity contribution >= 4 is 24.7 Å². The van der Waals surface area contributed by atoms with Gasteiger partial charge in [-0.2, -0.15) is 4.39 Å². The molecule has 23 heavy (non-hydrogen) atoms. The van der Waals surface area contributed by atoms with Crippen LogP contribution in [0, 0.1) is 11.6 Å². The van der Waals surface area contributed by atoms with Crippen LogP contribution in [0.4, 0.5) is 17.4 Å². The number of nitrogens with zero attached hydrogens (tertiary/aromatic N) is 1. The van der Waals surface area contributed by atoms with Gasteiger partial charge in [-0.1, -0.05) is 0 Å². The Morgan fingerprint density at radius 2 is 2.04 bits per heavy atom. The molecule has 5 nitrogen and oxygen atoms in total. The Hall–Kier alpha value is -2.52. The van der Waals surface area contributed by atoms with Crippen LogP contribution < -0.4 is 10.2 Å². The van der Waals surface area contributed by atoms with Gasteiger partial charge in [-0.3, -0.25) is 13.4 Å². The van der Waals surface area contributed by atoms with Crippen molar-refractivity contribution in [2.45, 2.75) is 13.0 Å². The monoisotopic (exact) mass is 330 g/mol. The topological polar surface area (TPSA) is 68.5 Å². The molecular weight excluding hydrogens is 321 g/mol. The van der Waals surface area contributed by atoms with Crippen LogP contribution in [0.5, 0.6) is 5.75 Å². The van der Waals surface area contributed by atoms with E-state index in [1.54, 1.807) is 6.92 Å². The van der Waals surface area contributed by atoms with Gasteiger partial charge in [-0.05, 0) is 13.0 Å². The molecule has 0 fully saturated rings. The second kappa shape index (κ2) is 6.31. The number of aromatic carboxylic acids is 1. The molecule has 2 heterocycles. The van der Waals surface area contributed by atoms with Crippen molar-refractivity contribution < 1.29 is 32.1 Å². The first-order valence-corrected chi connectivity index (χ1v) is 6.28. The number of rotatable bonds is 1. The van der Waals surface area contributed by atoms with E-state index in [1.165, 1.54) is 4.57 Å². The molecule has 0 bridgehead atoms. The van der Waals surface area contributed by atoms with Gasteiger partial charge in [0.1, 0.15) is 12.2 Å². The normalized spacial score (nSPS) is 15.4. The Morgan fingerprint density at radius 3 is 2.61 bits per heavy atom. The maximum absolute atomic E-state index is 13.7. The molecule has 0 spiro atoms. The van der Waals surface area contributed by atoms with Crippen molar-refractivity contribution in [3.05, 3.63) is 39.7 Å². The SMILES string of the molecule is CC1COc2c(F)c(F)cc3c(=O)c(C(=O)O)cn1c23.F[B]F. The van der Waals surface area contributed by atoms with Gasteiger partial charge in [0.2, 0.25) is 11.2 Å². The number of aromatic nitrogens is 1. The van der Waals surface area contributed by atoms with E-state index >= 15 is 0 Å². The van der Waals surface area contributed by atoms with Crippen LogP contribution >= 0.6 is 0 Å². The molecule has 1 aliphatic rings. The number of benzene rings is 1. The van der Waals surface area contributed by atoms with Gasteiger partial charge < -0.3 is 14.4 Å². The quantitative estimate of drug-likeness (QED) is 0.644. The zero-order valence-corrected chi connectivity index (χ0v) is 11.6. The van der Waals surface area contributed by atoms with Crippen LogP contribution in [-0.4, -0.2) is 30.1 Å². The van der Waals surface area contributed by atoms with E-state index in [9.17, 15) is 27.0 Å². The summed E-state index contributed by atoms with van der Waals surface area (Å²) in [5, 5.41) is 8.83. The summed E-state index contributed by atoms with van der Waals surface area (Å²) in [5.74, 6) is -4.19. The van der Waals surface area contributed by atoms with E-state index in [-0.39, 0.29) is 29.3 Å². The largest absolute Gasteiger partial charge is 0.577 e. The Morgan fingerprint density at radius 1 is 1.43 bits per heavy atom. The van der Waals surface area contributed by atoms with E-state index in [1.807, 2.05) is 0 Å². The minimum absolute atomic E-state index is 0.0599. The first-order valence-electron chi connectivity index (χ1n) is 6.28. The van der Waals surface area contributed by atoms with Crippen molar-refractivity contribution in [3.63, 3.8) is 0 Å². The third kappa shape index (κ3) is 2.76. The molecule has 1 atom stereocenters. The lowest BCUT2D eigenvalue weighted by Gasteiger charge is -2.27. The molecule has 1 unspecified atom stereocenters. The molecule has 1 radical (unpaired) electrons. The van der Waals surface area contributed by atoms with Gasteiger partial charge in [-0.25, -0.2) is 9.18 Å². The fraction of sp³-hybridized carbons (Fsp3) is 0.231. The highest BCUT2D eigenvalue weighted by molar-refractivity contribution is 6.15. The third-order valence-corrected chi connectivity index (χ3v) is 3.34. The molecule has 10 heteroatoms. The van der Waals surface area contributed by atoms with Crippen LogP contribution in [0.3, 0.4) is 0 Å². The number of ether oxygens (including phenoxy) is 1. The summed E-state index contributed by atoms with van der Waals surface area (Å²) in [6.45, 7) is 1.78. The molecule has 0 amide bonds. The number of hydrogen-bond donors (Lipinski definition) is 1. The van der Waals surface area contributed by atoms with Crippen molar-refractivity contribution in [1.82, 2.24) is 4.57 Å². The molecule has 1 aromatic carbocycles. The predicted molar refractivity (Wildman–Crippen MR) is 73.3 cm³/mol. The molecule has 0 aliphatic carbocycles. The van der Waals surface area contributed by atoms with Gasteiger partial charge in [0, 0.05) is 6.20 Å². The van der Waals surface area contributed by atoms with Crippen LogP contribution in [-0.2, 0) is 0 Å². The van der Waals surface area contributed by atoms with Crippen LogP contribution in [0.25, 0.3) is 10.9 Å². The summed E-state index contributed by atoms with van der Waals surface area (Å²) in [6.07, 6.45) is 1.14. The lowest BCUT2D eigenvalue weighted by atomic mass is 10.1. The summed E-state index contributed by atoms with van der Waals surface area (Å²) in [4.78, 5) is 23.1. The Bertz CT molecular complexity index is 839. The zero-order chi connectivity index (χ0) is 17.3. The molecule has 121 valence electrons. The smallest absolute Gasteiger partial charge is 0.486 e. The van der Waals surface area contributed by atoms with Crippen LogP contribution in [0.2, 0.25) is 0 Å². The second-order valence-corrected chi connectivity index (χ2v) is 4.72. The van der Waals surface area contributed by atoms with Gasteiger partial charge in [0.05, 0.1) is 16.9 Å². The van der Waals surface area contributed by atoms with Crippen molar-refractivity contribution in [3.8, 4) is 5.75 Å². The lowest BCUT2D eigenvalue weighted by Crippen LogP contribution is -2.27. The molecule has 0 saturated heterocycles. The molecule has 2 aromatic rings. The predicted octanol–water partition coefficient (Wildman–Crippen LogP) is 2.39. The summed E-state index contributed by atoms with van der Waals surface area (Å²) in [6, 6.07) is 0.412. The van der Waals surface area contributed by atoms with Gasteiger partial charge in [-0.15, -0.1) is 0 Å². The van der Waals surface area contributed by atoms with Crippen molar-refractivity contribution in [2.75, 3.05) is 6.61 Å². The average molecular weight is 330 g/mol. The first-order chi connectivity index (χ1) is 10.8.